The zero-order valence-electron chi connectivity index (χ0n) is 11.7. The standard InChI is InChI=1S/C16H24O3/c1-18-11-12-19-10-9-14-7-4-6-13-5-2-3-8-15(13)16(14)17/h2-3,5,8,14,16-17H,4,6-7,9-12H2,1H3. The smallest absolute Gasteiger partial charge is 0.0821 e. The molecule has 0 aliphatic heterocycles. The minimum Gasteiger partial charge on any atom is -0.388 e. The molecule has 1 aliphatic carbocycles. The summed E-state index contributed by atoms with van der Waals surface area (Å²) < 4.78 is 10.5. The lowest BCUT2D eigenvalue weighted by molar-refractivity contribution is 0.0405. The molecule has 0 amide bonds. The number of fused-ring (bicyclic) bond motifs is 1. The molecule has 0 spiro atoms. The number of benzene rings is 1. The van der Waals surface area contributed by atoms with Crippen LogP contribution in [0.15, 0.2) is 24.3 Å². The topological polar surface area (TPSA) is 38.7 Å². The van der Waals surface area contributed by atoms with E-state index in [9.17, 15) is 5.11 Å². The molecule has 1 aromatic carbocycles. The quantitative estimate of drug-likeness (QED) is 0.634. The van der Waals surface area contributed by atoms with Crippen molar-refractivity contribution in [2.75, 3.05) is 26.9 Å². The normalized spacial score (nSPS) is 22.8. The number of methoxy groups -OCH3 is 1. The highest BCUT2D eigenvalue weighted by molar-refractivity contribution is 5.30. The lowest BCUT2D eigenvalue weighted by atomic mass is 9.91. The van der Waals surface area contributed by atoms with Gasteiger partial charge >= 0.3 is 0 Å². The second kappa shape index (κ2) is 7.63. The molecule has 1 aromatic rings. The maximum atomic E-state index is 10.5. The van der Waals surface area contributed by atoms with Gasteiger partial charge in [0.05, 0.1) is 19.3 Å². The van der Waals surface area contributed by atoms with Gasteiger partial charge in [0.25, 0.3) is 0 Å². The fourth-order valence-electron chi connectivity index (χ4n) is 2.80. The Kier molecular flexibility index (Phi) is 5.83. The third-order valence-corrected chi connectivity index (χ3v) is 3.91. The van der Waals surface area contributed by atoms with E-state index in [1.807, 2.05) is 6.07 Å². The third kappa shape index (κ3) is 4.03. The number of aliphatic hydroxyl groups is 1. The highest BCUT2D eigenvalue weighted by Gasteiger charge is 2.25. The van der Waals surface area contributed by atoms with Crippen LogP contribution in [-0.2, 0) is 15.9 Å². The van der Waals surface area contributed by atoms with Gasteiger partial charge < -0.3 is 14.6 Å². The van der Waals surface area contributed by atoms with Gasteiger partial charge in [-0.15, -0.1) is 0 Å². The fraction of sp³-hybridized carbons (Fsp3) is 0.625. The van der Waals surface area contributed by atoms with Crippen molar-refractivity contribution in [2.45, 2.75) is 31.8 Å². The molecule has 0 saturated carbocycles. The Morgan fingerprint density at radius 2 is 2.05 bits per heavy atom. The van der Waals surface area contributed by atoms with Crippen LogP contribution < -0.4 is 0 Å². The predicted molar refractivity (Wildman–Crippen MR) is 75.1 cm³/mol. The highest BCUT2D eigenvalue weighted by atomic mass is 16.5. The van der Waals surface area contributed by atoms with Gasteiger partial charge in [-0.3, -0.25) is 0 Å². The Bertz CT molecular complexity index is 378. The van der Waals surface area contributed by atoms with E-state index in [1.165, 1.54) is 5.56 Å². The van der Waals surface area contributed by atoms with Crippen LogP contribution in [0.3, 0.4) is 0 Å². The monoisotopic (exact) mass is 264 g/mol. The van der Waals surface area contributed by atoms with E-state index in [0.29, 0.717) is 25.7 Å². The average Bonchev–Trinajstić information content (AvgIpc) is 2.59. The van der Waals surface area contributed by atoms with Gasteiger partial charge in [0.15, 0.2) is 0 Å². The molecule has 2 unspecified atom stereocenters. The van der Waals surface area contributed by atoms with Gasteiger partial charge in [0, 0.05) is 13.7 Å². The first-order chi connectivity index (χ1) is 9.33. The Morgan fingerprint density at radius 3 is 2.89 bits per heavy atom. The molecule has 0 heterocycles. The molecule has 106 valence electrons. The van der Waals surface area contributed by atoms with Gasteiger partial charge in [0.1, 0.15) is 0 Å². The van der Waals surface area contributed by atoms with E-state index < -0.39 is 0 Å². The molecule has 2 atom stereocenters. The molecule has 3 heteroatoms. The zero-order valence-corrected chi connectivity index (χ0v) is 11.7. The minimum atomic E-state index is -0.343. The van der Waals surface area contributed by atoms with Crippen LogP contribution in [-0.4, -0.2) is 32.0 Å². The molecular formula is C16H24O3. The second-order valence-electron chi connectivity index (χ2n) is 5.19. The van der Waals surface area contributed by atoms with Gasteiger partial charge in [0.2, 0.25) is 0 Å². The van der Waals surface area contributed by atoms with Gasteiger partial charge in [-0.25, -0.2) is 0 Å². The van der Waals surface area contributed by atoms with Crippen molar-refractivity contribution < 1.29 is 14.6 Å². The summed E-state index contributed by atoms with van der Waals surface area (Å²) in [5.74, 6) is 0.311. The van der Waals surface area contributed by atoms with E-state index in [1.54, 1.807) is 7.11 Å². The maximum absolute atomic E-state index is 10.5. The molecule has 1 aliphatic rings. The lowest BCUT2D eigenvalue weighted by Crippen LogP contribution is -2.15. The average molecular weight is 264 g/mol. The van der Waals surface area contributed by atoms with Crippen molar-refractivity contribution in [3.05, 3.63) is 35.4 Å². The van der Waals surface area contributed by atoms with Crippen LogP contribution in [0.5, 0.6) is 0 Å². The highest BCUT2D eigenvalue weighted by Crippen LogP contribution is 2.34. The van der Waals surface area contributed by atoms with Crippen molar-refractivity contribution in [2.24, 2.45) is 5.92 Å². The van der Waals surface area contributed by atoms with E-state index in [-0.39, 0.29) is 6.10 Å². The third-order valence-electron chi connectivity index (χ3n) is 3.91. The fourth-order valence-corrected chi connectivity index (χ4v) is 2.80. The van der Waals surface area contributed by atoms with Crippen LogP contribution in [0.2, 0.25) is 0 Å². The molecule has 0 radical (unpaired) electrons. The summed E-state index contributed by atoms with van der Waals surface area (Å²) in [6.45, 7) is 1.97. The van der Waals surface area contributed by atoms with Crippen LogP contribution in [0.4, 0.5) is 0 Å². The summed E-state index contributed by atoms with van der Waals surface area (Å²) in [5, 5.41) is 10.5. The second-order valence-corrected chi connectivity index (χ2v) is 5.19. The van der Waals surface area contributed by atoms with Crippen molar-refractivity contribution in [1.29, 1.82) is 0 Å². The molecule has 3 nitrogen and oxygen atoms in total. The summed E-state index contributed by atoms with van der Waals surface area (Å²) in [7, 11) is 1.68. The Morgan fingerprint density at radius 1 is 1.21 bits per heavy atom. The van der Waals surface area contributed by atoms with Gasteiger partial charge in [-0.1, -0.05) is 24.3 Å². The number of ether oxygens (including phenoxy) is 2. The van der Waals surface area contributed by atoms with Crippen LogP contribution in [0.1, 0.15) is 36.5 Å². The predicted octanol–water partition coefficient (Wildman–Crippen LogP) is 2.73. The molecule has 19 heavy (non-hydrogen) atoms. The minimum absolute atomic E-state index is 0.311. The molecule has 1 N–H and O–H groups in total. The Hall–Kier alpha value is -0.900. The summed E-state index contributed by atoms with van der Waals surface area (Å²) in [6.07, 6.45) is 3.87. The van der Waals surface area contributed by atoms with E-state index in [4.69, 9.17) is 9.47 Å². The van der Waals surface area contributed by atoms with Crippen molar-refractivity contribution in [1.82, 2.24) is 0 Å². The van der Waals surface area contributed by atoms with E-state index in [0.717, 1.165) is 31.2 Å². The van der Waals surface area contributed by atoms with E-state index in [2.05, 4.69) is 18.2 Å². The summed E-state index contributed by atoms with van der Waals surface area (Å²) >= 11 is 0. The first-order valence-corrected chi connectivity index (χ1v) is 7.15. The molecular weight excluding hydrogens is 240 g/mol. The first-order valence-electron chi connectivity index (χ1n) is 7.15. The molecule has 0 aromatic heterocycles. The molecule has 0 bridgehead atoms. The van der Waals surface area contributed by atoms with Gasteiger partial charge in [-0.2, -0.15) is 0 Å². The van der Waals surface area contributed by atoms with Crippen LogP contribution in [0.25, 0.3) is 0 Å². The molecule has 0 saturated heterocycles. The van der Waals surface area contributed by atoms with Gasteiger partial charge in [-0.05, 0) is 42.7 Å². The molecule has 2 rings (SSSR count). The first kappa shape index (κ1) is 14.5. The maximum Gasteiger partial charge on any atom is 0.0821 e. The largest absolute Gasteiger partial charge is 0.388 e. The summed E-state index contributed by atoms with van der Waals surface area (Å²) in [5.41, 5.74) is 2.42. The van der Waals surface area contributed by atoms with Crippen molar-refractivity contribution in [3.63, 3.8) is 0 Å². The zero-order chi connectivity index (χ0) is 13.5. The summed E-state index contributed by atoms with van der Waals surface area (Å²) in [6, 6.07) is 8.26. The van der Waals surface area contributed by atoms with Crippen molar-refractivity contribution >= 4 is 0 Å². The van der Waals surface area contributed by atoms with Crippen LogP contribution >= 0.6 is 0 Å². The van der Waals surface area contributed by atoms with Crippen molar-refractivity contribution in [3.8, 4) is 0 Å². The Balaban J connectivity index is 1.88. The number of hydrogen-bond acceptors (Lipinski definition) is 3. The molecule has 0 fully saturated rings. The number of hydrogen-bond donors (Lipinski definition) is 1. The summed E-state index contributed by atoms with van der Waals surface area (Å²) in [4.78, 5) is 0. The lowest BCUT2D eigenvalue weighted by Gasteiger charge is -2.21. The number of aliphatic hydroxyl groups excluding tert-OH is 1. The van der Waals surface area contributed by atoms with Crippen LogP contribution in [0, 0.1) is 5.92 Å². The van der Waals surface area contributed by atoms with E-state index >= 15 is 0 Å². The number of aryl methyl sites for hydroxylation is 1. The Labute approximate surface area is 115 Å². The SMILES string of the molecule is COCCOCCC1CCCc2ccccc2C1O. The number of rotatable bonds is 6.